The Kier molecular flexibility index (Phi) is 1.56. The molecule has 0 aromatic carbocycles. The maximum absolute atomic E-state index is 5.93. The van der Waals surface area contributed by atoms with Crippen molar-refractivity contribution < 1.29 is 9.00 Å². The highest BCUT2D eigenvalue weighted by Crippen LogP contribution is 2.19. The summed E-state index contributed by atoms with van der Waals surface area (Å²) in [5.74, 6) is 1.30. The molecule has 0 fully saturated rings. The summed E-state index contributed by atoms with van der Waals surface area (Å²) in [6.45, 7) is 5.85. The number of hydrogen-bond acceptors (Lipinski definition) is 1. The predicted molar refractivity (Wildman–Crippen MR) is 47.4 cm³/mol. The Bertz CT molecular complexity index is 190. The van der Waals surface area contributed by atoms with E-state index in [0.717, 1.165) is 0 Å². The first-order chi connectivity index (χ1) is 5.17. The fourth-order valence-corrected chi connectivity index (χ4v) is 4.14. The van der Waals surface area contributed by atoms with E-state index in [4.69, 9.17) is 4.43 Å². The van der Waals surface area contributed by atoms with Gasteiger partial charge in [0.15, 0.2) is 6.17 Å². The number of hydrogen-bond donors (Lipinski definition) is 0. The predicted octanol–water partition coefficient (Wildman–Crippen LogP) is 1.36. The van der Waals surface area contributed by atoms with Gasteiger partial charge < -0.3 is 4.43 Å². The van der Waals surface area contributed by atoms with E-state index in [-0.39, 0.29) is 0 Å². The minimum absolute atomic E-state index is 1.19. The SMILES string of the molecule is C[Si]1(C)C[N+]2=C(CCCC2)O1. The highest BCUT2D eigenvalue weighted by molar-refractivity contribution is 6.73. The minimum atomic E-state index is -1.28. The molecule has 0 unspecified atom stereocenters. The molecule has 0 saturated carbocycles. The van der Waals surface area contributed by atoms with E-state index in [1.54, 1.807) is 0 Å². The van der Waals surface area contributed by atoms with Gasteiger partial charge >= 0.3 is 14.2 Å². The van der Waals surface area contributed by atoms with Gasteiger partial charge in [-0.25, -0.2) is 4.58 Å². The molecule has 0 aromatic rings. The Hall–Kier alpha value is -0.313. The van der Waals surface area contributed by atoms with Crippen molar-refractivity contribution in [3.63, 3.8) is 0 Å². The summed E-state index contributed by atoms with van der Waals surface area (Å²) >= 11 is 0. The van der Waals surface area contributed by atoms with Crippen molar-refractivity contribution in [1.29, 1.82) is 0 Å². The first kappa shape index (κ1) is 7.34. The third-order valence-corrected chi connectivity index (χ3v) is 4.32. The summed E-state index contributed by atoms with van der Waals surface area (Å²) in [5, 5.41) is 0. The van der Waals surface area contributed by atoms with Crippen LogP contribution in [-0.2, 0) is 4.43 Å². The average molecular weight is 170 g/mol. The fraction of sp³-hybridized carbons (Fsp3) is 0.875. The van der Waals surface area contributed by atoms with E-state index in [9.17, 15) is 0 Å². The second-order valence-electron chi connectivity index (χ2n) is 4.13. The van der Waals surface area contributed by atoms with Crippen LogP contribution in [0.25, 0.3) is 0 Å². The smallest absolute Gasteiger partial charge is 0.322 e. The van der Waals surface area contributed by atoms with E-state index in [1.165, 1.54) is 37.9 Å². The zero-order chi connectivity index (χ0) is 7.90. The zero-order valence-corrected chi connectivity index (χ0v) is 8.39. The molecule has 0 radical (unpaired) electrons. The zero-order valence-electron chi connectivity index (χ0n) is 7.39. The van der Waals surface area contributed by atoms with Crippen molar-refractivity contribution >= 4 is 14.2 Å². The van der Waals surface area contributed by atoms with Crippen molar-refractivity contribution in [2.24, 2.45) is 0 Å². The fourth-order valence-electron chi connectivity index (χ4n) is 1.96. The van der Waals surface area contributed by atoms with Crippen molar-refractivity contribution in [3.05, 3.63) is 0 Å². The topological polar surface area (TPSA) is 12.2 Å². The minimum Gasteiger partial charge on any atom is -0.496 e. The van der Waals surface area contributed by atoms with Crippen LogP contribution in [0.15, 0.2) is 0 Å². The molecule has 62 valence electrons. The highest BCUT2D eigenvalue weighted by atomic mass is 28.4. The molecule has 11 heavy (non-hydrogen) atoms. The largest absolute Gasteiger partial charge is 0.496 e. The molecule has 0 spiro atoms. The van der Waals surface area contributed by atoms with Crippen molar-refractivity contribution in [1.82, 2.24) is 0 Å². The Morgan fingerprint density at radius 3 is 2.91 bits per heavy atom. The molecule has 2 nitrogen and oxygen atoms in total. The Balaban J connectivity index is 2.16. The maximum Gasteiger partial charge on any atom is 0.322 e. The standard InChI is InChI=1S/C8H16NOSi/c1-11(2)7-9-6-4-3-5-8(9)10-11/h3-7H2,1-2H3/q+1. The molecule has 0 amide bonds. The molecule has 0 saturated heterocycles. The van der Waals surface area contributed by atoms with Crippen LogP contribution in [0.1, 0.15) is 19.3 Å². The van der Waals surface area contributed by atoms with Crippen LogP contribution in [0.2, 0.25) is 13.1 Å². The molecule has 3 heteroatoms. The summed E-state index contributed by atoms with van der Waals surface area (Å²) in [6, 6.07) is 0. The van der Waals surface area contributed by atoms with Gasteiger partial charge in [-0.05, 0) is 19.5 Å². The van der Waals surface area contributed by atoms with Crippen LogP contribution in [0.5, 0.6) is 0 Å². The first-order valence-electron chi connectivity index (χ1n) is 4.47. The quantitative estimate of drug-likeness (QED) is 0.395. The first-order valence-corrected chi connectivity index (χ1v) is 7.59. The second-order valence-corrected chi connectivity index (χ2v) is 8.17. The van der Waals surface area contributed by atoms with Crippen LogP contribution < -0.4 is 0 Å². The summed E-state index contributed by atoms with van der Waals surface area (Å²) in [6.07, 6.45) is 5.10. The van der Waals surface area contributed by atoms with Crippen LogP contribution in [0, 0.1) is 0 Å². The van der Waals surface area contributed by atoms with Gasteiger partial charge in [0.05, 0.1) is 6.42 Å². The van der Waals surface area contributed by atoms with Crippen molar-refractivity contribution in [3.8, 4) is 0 Å². The van der Waals surface area contributed by atoms with Gasteiger partial charge in [0.2, 0.25) is 0 Å². The molecular formula is C8H16NOSi+. The van der Waals surface area contributed by atoms with E-state index in [2.05, 4.69) is 17.7 Å². The third kappa shape index (κ3) is 1.34. The molecule has 2 aliphatic heterocycles. The normalized spacial score (nSPS) is 28.2. The van der Waals surface area contributed by atoms with Crippen LogP contribution >= 0.6 is 0 Å². The summed E-state index contributed by atoms with van der Waals surface area (Å²) in [5.41, 5.74) is 0. The van der Waals surface area contributed by atoms with Gasteiger partial charge in [-0.3, -0.25) is 0 Å². The maximum atomic E-state index is 5.93. The van der Waals surface area contributed by atoms with Gasteiger partial charge in [0.1, 0.15) is 6.54 Å². The summed E-state index contributed by atoms with van der Waals surface area (Å²) in [4.78, 5) is 0. The monoisotopic (exact) mass is 170 g/mol. The van der Waals surface area contributed by atoms with Gasteiger partial charge in [-0.15, -0.1) is 0 Å². The Morgan fingerprint density at radius 1 is 1.36 bits per heavy atom. The molecule has 0 aliphatic carbocycles. The van der Waals surface area contributed by atoms with Crippen molar-refractivity contribution in [2.45, 2.75) is 32.4 Å². The highest BCUT2D eigenvalue weighted by Gasteiger charge is 2.42. The third-order valence-electron chi connectivity index (χ3n) is 2.39. The van der Waals surface area contributed by atoms with E-state index in [0.29, 0.717) is 0 Å². The second kappa shape index (κ2) is 2.34. The lowest BCUT2D eigenvalue weighted by Gasteiger charge is -2.09. The molecule has 0 N–H and O–H groups in total. The van der Waals surface area contributed by atoms with Gasteiger partial charge in [0, 0.05) is 6.42 Å². The lowest BCUT2D eigenvalue weighted by molar-refractivity contribution is -0.516. The molecule has 0 atom stereocenters. The van der Waals surface area contributed by atoms with E-state index < -0.39 is 8.32 Å². The van der Waals surface area contributed by atoms with Gasteiger partial charge in [-0.1, -0.05) is 0 Å². The van der Waals surface area contributed by atoms with Crippen LogP contribution in [-0.4, -0.2) is 31.5 Å². The van der Waals surface area contributed by atoms with E-state index in [1.807, 2.05) is 0 Å². The molecule has 2 aliphatic rings. The lowest BCUT2D eigenvalue weighted by atomic mass is 10.2. The van der Waals surface area contributed by atoms with E-state index >= 15 is 0 Å². The molecule has 0 aromatic heterocycles. The molecule has 2 rings (SSSR count). The summed E-state index contributed by atoms with van der Waals surface area (Å²) < 4.78 is 8.39. The van der Waals surface area contributed by atoms with Crippen LogP contribution in [0.4, 0.5) is 0 Å². The number of rotatable bonds is 0. The average Bonchev–Trinajstić information content (AvgIpc) is 2.21. The van der Waals surface area contributed by atoms with Gasteiger partial charge in [0.25, 0.3) is 0 Å². The Labute approximate surface area is 69.0 Å². The lowest BCUT2D eigenvalue weighted by Crippen LogP contribution is -2.33. The summed E-state index contributed by atoms with van der Waals surface area (Å²) in [7, 11) is -1.28. The molecule has 2 heterocycles. The Morgan fingerprint density at radius 2 is 2.18 bits per heavy atom. The molecular weight excluding hydrogens is 154 g/mol. The van der Waals surface area contributed by atoms with Crippen molar-refractivity contribution in [2.75, 3.05) is 12.7 Å². The van der Waals surface area contributed by atoms with Crippen LogP contribution in [0.3, 0.4) is 0 Å². The van der Waals surface area contributed by atoms with Gasteiger partial charge in [-0.2, -0.15) is 0 Å². The molecule has 0 bridgehead atoms. The number of nitrogens with zero attached hydrogens (tertiary/aromatic N) is 1.